The number of hydrogen-bond acceptors (Lipinski definition) is 3. The molecule has 5 heteroatoms. The van der Waals surface area contributed by atoms with Crippen LogP contribution in [0.2, 0.25) is 5.02 Å². The van der Waals surface area contributed by atoms with Gasteiger partial charge in [-0.25, -0.2) is 0 Å². The van der Waals surface area contributed by atoms with Crippen LogP contribution in [0, 0.1) is 11.3 Å². The molecule has 1 atom stereocenters. The number of nitrogens with zero attached hydrogens (tertiary/aromatic N) is 1. The van der Waals surface area contributed by atoms with E-state index >= 15 is 0 Å². The van der Waals surface area contributed by atoms with Gasteiger partial charge in [-0.15, -0.1) is 0 Å². The first-order valence-corrected chi connectivity index (χ1v) is 7.56. The summed E-state index contributed by atoms with van der Waals surface area (Å²) in [6.45, 7) is 4.06. The Bertz CT molecular complexity index is 511. The highest BCUT2D eigenvalue weighted by atomic mass is 35.5. The fourth-order valence-corrected chi connectivity index (χ4v) is 2.16. The summed E-state index contributed by atoms with van der Waals surface area (Å²) >= 11 is 5.97. The van der Waals surface area contributed by atoms with Gasteiger partial charge < -0.3 is 10.1 Å². The molecule has 0 aromatic heterocycles. The normalized spacial score (nSPS) is 11.5. The van der Waals surface area contributed by atoms with Crippen LogP contribution in [-0.4, -0.2) is 18.6 Å². The van der Waals surface area contributed by atoms with Gasteiger partial charge in [-0.1, -0.05) is 37.8 Å². The lowest BCUT2D eigenvalue weighted by Crippen LogP contribution is -2.36. The van der Waals surface area contributed by atoms with Crippen LogP contribution in [0.5, 0.6) is 5.75 Å². The monoisotopic (exact) mass is 308 g/mol. The molecule has 0 saturated heterocycles. The van der Waals surface area contributed by atoms with Crippen LogP contribution in [-0.2, 0) is 4.79 Å². The van der Waals surface area contributed by atoms with Crippen molar-refractivity contribution in [2.75, 3.05) is 6.61 Å². The molecule has 0 heterocycles. The number of hydrogen-bond donors (Lipinski definition) is 1. The fourth-order valence-electron chi connectivity index (χ4n) is 1.92. The van der Waals surface area contributed by atoms with Crippen LogP contribution >= 0.6 is 11.6 Å². The third-order valence-corrected chi connectivity index (χ3v) is 3.36. The van der Waals surface area contributed by atoms with Crippen molar-refractivity contribution >= 4 is 17.5 Å². The van der Waals surface area contributed by atoms with Gasteiger partial charge in [0.05, 0.1) is 16.7 Å². The number of carbonyl (C=O) groups excluding carboxylic acids is 1. The average molecular weight is 309 g/mol. The summed E-state index contributed by atoms with van der Waals surface area (Å²) in [5, 5.41) is 12.0. The van der Waals surface area contributed by atoms with E-state index in [1.54, 1.807) is 12.1 Å². The molecule has 0 fully saturated rings. The van der Waals surface area contributed by atoms with Gasteiger partial charge in [0.2, 0.25) is 0 Å². The Labute approximate surface area is 131 Å². The average Bonchev–Trinajstić information content (AvgIpc) is 2.46. The lowest BCUT2D eigenvalue weighted by Gasteiger charge is -2.14. The minimum absolute atomic E-state index is 0.0796. The van der Waals surface area contributed by atoms with Crippen LogP contribution in [0.25, 0.3) is 0 Å². The molecule has 1 unspecified atom stereocenters. The van der Waals surface area contributed by atoms with E-state index in [-0.39, 0.29) is 18.6 Å². The van der Waals surface area contributed by atoms with E-state index in [0.717, 1.165) is 12.8 Å². The third kappa shape index (κ3) is 6.50. The third-order valence-electron chi connectivity index (χ3n) is 3.07. The molecule has 0 aliphatic rings. The van der Waals surface area contributed by atoms with E-state index in [0.29, 0.717) is 16.3 Å². The quantitative estimate of drug-likeness (QED) is 0.745. The lowest BCUT2D eigenvalue weighted by molar-refractivity contribution is -0.123. The highest BCUT2D eigenvalue weighted by molar-refractivity contribution is 6.32. The van der Waals surface area contributed by atoms with Gasteiger partial charge in [-0.2, -0.15) is 5.26 Å². The molecule has 1 N–H and O–H groups in total. The summed E-state index contributed by atoms with van der Waals surface area (Å²) in [5.74, 6) is 0.240. The van der Waals surface area contributed by atoms with Gasteiger partial charge in [-0.05, 0) is 31.5 Å². The van der Waals surface area contributed by atoms with Crippen LogP contribution in [0.1, 0.15) is 45.1 Å². The second kappa shape index (κ2) is 9.25. The molecule has 0 radical (unpaired) electrons. The van der Waals surface area contributed by atoms with E-state index in [4.69, 9.17) is 21.6 Å². The Kier molecular flexibility index (Phi) is 7.63. The first-order valence-electron chi connectivity index (χ1n) is 7.18. The fraction of sp³-hybridized carbons (Fsp3) is 0.500. The first kappa shape index (κ1) is 17.3. The molecular formula is C16H21ClN2O2. The number of unbranched alkanes of at least 4 members (excludes halogenated alkanes) is 2. The van der Waals surface area contributed by atoms with Crippen molar-refractivity contribution in [3.63, 3.8) is 0 Å². The van der Waals surface area contributed by atoms with Gasteiger partial charge in [0, 0.05) is 6.04 Å². The number of nitriles is 1. The summed E-state index contributed by atoms with van der Waals surface area (Å²) in [6.07, 6.45) is 4.43. The zero-order chi connectivity index (χ0) is 15.7. The summed E-state index contributed by atoms with van der Waals surface area (Å²) in [4.78, 5) is 11.8. The number of benzene rings is 1. The van der Waals surface area contributed by atoms with E-state index in [9.17, 15) is 4.79 Å². The van der Waals surface area contributed by atoms with Crippen molar-refractivity contribution < 1.29 is 9.53 Å². The van der Waals surface area contributed by atoms with Gasteiger partial charge in [-0.3, -0.25) is 4.79 Å². The smallest absolute Gasteiger partial charge is 0.258 e. The minimum atomic E-state index is -0.167. The number of rotatable bonds is 8. The summed E-state index contributed by atoms with van der Waals surface area (Å²) < 4.78 is 5.37. The summed E-state index contributed by atoms with van der Waals surface area (Å²) in [7, 11) is 0. The number of carbonyl (C=O) groups is 1. The number of halogens is 1. The molecule has 1 rings (SSSR count). The molecule has 1 amide bonds. The van der Waals surface area contributed by atoms with Crippen molar-refractivity contribution in [3.05, 3.63) is 28.8 Å². The van der Waals surface area contributed by atoms with Gasteiger partial charge in [0.25, 0.3) is 5.91 Å². The standard InChI is InChI=1S/C16H21ClN2O2/c1-3-4-5-6-12(2)19-16(20)11-21-15-8-7-13(10-18)9-14(15)17/h7-9,12H,3-6,11H2,1-2H3,(H,19,20). The zero-order valence-corrected chi connectivity index (χ0v) is 13.2. The van der Waals surface area contributed by atoms with Crippen molar-refractivity contribution in [2.24, 2.45) is 0 Å². The van der Waals surface area contributed by atoms with E-state index in [2.05, 4.69) is 12.2 Å². The summed E-state index contributed by atoms with van der Waals surface area (Å²) in [6, 6.07) is 6.85. The molecule has 0 bridgehead atoms. The lowest BCUT2D eigenvalue weighted by atomic mass is 10.1. The van der Waals surface area contributed by atoms with Crippen LogP contribution in [0.4, 0.5) is 0 Å². The Balaban J connectivity index is 2.38. The predicted molar refractivity (Wildman–Crippen MR) is 83.4 cm³/mol. The largest absolute Gasteiger partial charge is 0.482 e. The molecule has 0 spiro atoms. The molecule has 21 heavy (non-hydrogen) atoms. The second-order valence-corrected chi connectivity index (χ2v) is 5.42. The number of amides is 1. The maximum absolute atomic E-state index is 11.8. The first-order chi connectivity index (χ1) is 10.1. The molecule has 1 aromatic rings. The molecule has 0 saturated carbocycles. The Morgan fingerprint density at radius 1 is 1.48 bits per heavy atom. The second-order valence-electron chi connectivity index (χ2n) is 5.01. The molecule has 114 valence electrons. The zero-order valence-electron chi connectivity index (χ0n) is 12.5. The van der Waals surface area contributed by atoms with Crippen LogP contribution in [0.3, 0.4) is 0 Å². The maximum Gasteiger partial charge on any atom is 0.258 e. The Morgan fingerprint density at radius 2 is 2.24 bits per heavy atom. The van der Waals surface area contributed by atoms with Crippen molar-refractivity contribution in [1.82, 2.24) is 5.32 Å². The van der Waals surface area contributed by atoms with Crippen molar-refractivity contribution in [3.8, 4) is 11.8 Å². The highest BCUT2D eigenvalue weighted by Crippen LogP contribution is 2.25. The van der Waals surface area contributed by atoms with E-state index in [1.165, 1.54) is 18.9 Å². The Hall–Kier alpha value is -1.73. The molecule has 0 aliphatic heterocycles. The van der Waals surface area contributed by atoms with Crippen molar-refractivity contribution in [1.29, 1.82) is 5.26 Å². The maximum atomic E-state index is 11.8. The van der Waals surface area contributed by atoms with Gasteiger partial charge in [0.1, 0.15) is 5.75 Å². The molecule has 1 aromatic carbocycles. The van der Waals surface area contributed by atoms with Crippen molar-refractivity contribution in [2.45, 2.75) is 45.6 Å². The van der Waals surface area contributed by atoms with Crippen LogP contribution in [0.15, 0.2) is 18.2 Å². The Morgan fingerprint density at radius 3 is 2.86 bits per heavy atom. The molecular weight excluding hydrogens is 288 g/mol. The SMILES string of the molecule is CCCCCC(C)NC(=O)COc1ccc(C#N)cc1Cl. The predicted octanol–water partition coefficient (Wildman–Crippen LogP) is 3.68. The number of nitrogens with one attached hydrogen (secondary N) is 1. The van der Waals surface area contributed by atoms with Gasteiger partial charge >= 0.3 is 0 Å². The summed E-state index contributed by atoms with van der Waals surface area (Å²) in [5.41, 5.74) is 0.460. The highest BCUT2D eigenvalue weighted by Gasteiger charge is 2.09. The molecule has 0 aliphatic carbocycles. The van der Waals surface area contributed by atoms with E-state index in [1.807, 2.05) is 13.0 Å². The van der Waals surface area contributed by atoms with Crippen LogP contribution < -0.4 is 10.1 Å². The molecule has 4 nitrogen and oxygen atoms in total. The topological polar surface area (TPSA) is 62.1 Å². The van der Waals surface area contributed by atoms with E-state index < -0.39 is 0 Å². The van der Waals surface area contributed by atoms with Gasteiger partial charge in [0.15, 0.2) is 6.61 Å². The number of ether oxygens (including phenoxy) is 1. The minimum Gasteiger partial charge on any atom is -0.482 e.